The molecule has 0 radical (unpaired) electrons. The van der Waals surface area contributed by atoms with Crippen LogP contribution in [0.3, 0.4) is 0 Å². The van der Waals surface area contributed by atoms with E-state index >= 15 is 0 Å². The smallest absolute Gasteiger partial charge is 0.320 e. The van der Waals surface area contributed by atoms with E-state index in [1.54, 1.807) is 19.4 Å². The summed E-state index contributed by atoms with van der Waals surface area (Å²) < 4.78 is 10.7. The highest BCUT2D eigenvalue weighted by Crippen LogP contribution is 2.23. The van der Waals surface area contributed by atoms with Crippen LogP contribution in [0.1, 0.15) is 12.5 Å². The predicted octanol–water partition coefficient (Wildman–Crippen LogP) is 2.09. The number of aromatic nitrogens is 3. The third-order valence-corrected chi connectivity index (χ3v) is 4.08. The van der Waals surface area contributed by atoms with Crippen molar-refractivity contribution in [1.82, 2.24) is 20.5 Å². The lowest BCUT2D eigenvalue weighted by Gasteiger charge is -2.14. The van der Waals surface area contributed by atoms with E-state index in [0.29, 0.717) is 36.0 Å². The molecule has 3 rings (SSSR count). The van der Waals surface area contributed by atoms with Crippen LogP contribution in [0.5, 0.6) is 11.6 Å². The number of hydrogen-bond acceptors (Lipinski definition) is 6. The molecule has 2 amide bonds. The van der Waals surface area contributed by atoms with Gasteiger partial charge in [-0.05, 0) is 18.6 Å². The Hall–Kier alpha value is -3.33. The number of amides is 2. The Morgan fingerprint density at radius 1 is 1.36 bits per heavy atom. The molecule has 148 valence electrons. The zero-order valence-electron chi connectivity index (χ0n) is 15.7. The van der Waals surface area contributed by atoms with Gasteiger partial charge in [-0.3, -0.25) is 10.4 Å². The highest BCUT2D eigenvalue weighted by molar-refractivity contribution is 5.91. The number of aromatic amines is 1. The average Bonchev–Trinajstić information content (AvgIpc) is 3.09. The SMILES string of the molecule is CCOc1n[nH]c2cc(NC(=O)NC[C@H](O)Cc3ccccc3OC)ncc12. The third-order valence-electron chi connectivity index (χ3n) is 4.08. The van der Waals surface area contributed by atoms with Gasteiger partial charge < -0.3 is 19.9 Å². The fraction of sp³-hybridized carbons (Fsp3) is 0.316. The molecule has 9 nitrogen and oxygen atoms in total. The van der Waals surface area contributed by atoms with Crippen LogP contribution in [0.15, 0.2) is 36.5 Å². The van der Waals surface area contributed by atoms with Gasteiger partial charge in [-0.2, -0.15) is 0 Å². The van der Waals surface area contributed by atoms with Gasteiger partial charge in [-0.15, -0.1) is 5.10 Å². The molecule has 0 aliphatic rings. The average molecular weight is 385 g/mol. The molecule has 0 spiro atoms. The maximum absolute atomic E-state index is 12.1. The number of carbonyl (C=O) groups excluding carboxylic acids is 1. The maximum atomic E-state index is 12.1. The molecule has 0 bridgehead atoms. The van der Waals surface area contributed by atoms with E-state index in [0.717, 1.165) is 10.9 Å². The van der Waals surface area contributed by atoms with Gasteiger partial charge in [0.15, 0.2) is 0 Å². The number of hydrogen-bond donors (Lipinski definition) is 4. The number of ether oxygens (including phenoxy) is 2. The molecule has 0 fully saturated rings. The second-order valence-corrected chi connectivity index (χ2v) is 6.08. The topological polar surface area (TPSA) is 121 Å². The summed E-state index contributed by atoms with van der Waals surface area (Å²) in [6.45, 7) is 2.46. The van der Waals surface area contributed by atoms with Gasteiger partial charge in [0.25, 0.3) is 0 Å². The van der Waals surface area contributed by atoms with E-state index < -0.39 is 12.1 Å². The second-order valence-electron chi connectivity index (χ2n) is 6.08. The minimum absolute atomic E-state index is 0.0880. The van der Waals surface area contributed by atoms with E-state index in [9.17, 15) is 9.90 Å². The van der Waals surface area contributed by atoms with E-state index in [-0.39, 0.29) is 6.54 Å². The Kier molecular flexibility index (Phi) is 6.28. The van der Waals surface area contributed by atoms with Crippen molar-refractivity contribution < 1.29 is 19.4 Å². The number of aliphatic hydroxyl groups excluding tert-OH is 1. The van der Waals surface area contributed by atoms with Crippen LogP contribution in [0.4, 0.5) is 10.6 Å². The Labute approximate surface area is 162 Å². The highest BCUT2D eigenvalue weighted by Gasteiger charge is 2.13. The van der Waals surface area contributed by atoms with Crippen LogP contribution < -0.4 is 20.1 Å². The van der Waals surface area contributed by atoms with Crippen molar-refractivity contribution in [3.05, 3.63) is 42.1 Å². The van der Waals surface area contributed by atoms with Crippen molar-refractivity contribution in [1.29, 1.82) is 0 Å². The largest absolute Gasteiger partial charge is 0.496 e. The van der Waals surface area contributed by atoms with Crippen LogP contribution in [-0.2, 0) is 6.42 Å². The second kappa shape index (κ2) is 9.05. The monoisotopic (exact) mass is 385 g/mol. The van der Waals surface area contributed by atoms with Crippen molar-refractivity contribution in [3.63, 3.8) is 0 Å². The zero-order valence-corrected chi connectivity index (χ0v) is 15.7. The third kappa shape index (κ3) is 4.68. The van der Waals surface area contributed by atoms with Crippen molar-refractivity contribution in [2.24, 2.45) is 0 Å². The number of pyridine rings is 1. The number of nitrogens with zero attached hydrogens (tertiary/aromatic N) is 2. The molecule has 4 N–H and O–H groups in total. The molecule has 3 aromatic rings. The molecule has 2 aromatic heterocycles. The summed E-state index contributed by atoms with van der Waals surface area (Å²) in [6.07, 6.45) is 1.19. The number of anilines is 1. The molecule has 0 aliphatic carbocycles. The molecule has 0 saturated carbocycles. The van der Waals surface area contributed by atoms with Crippen LogP contribution >= 0.6 is 0 Å². The highest BCUT2D eigenvalue weighted by atomic mass is 16.5. The number of methoxy groups -OCH3 is 1. The molecule has 0 aliphatic heterocycles. The summed E-state index contributed by atoms with van der Waals surface area (Å²) >= 11 is 0. The molecule has 9 heteroatoms. The van der Waals surface area contributed by atoms with E-state index in [2.05, 4.69) is 25.8 Å². The number of nitrogens with one attached hydrogen (secondary N) is 3. The van der Waals surface area contributed by atoms with Gasteiger partial charge in [0.1, 0.15) is 11.6 Å². The van der Waals surface area contributed by atoms with Crippen molar-refractivity contribution in [2.45, 2.75) is 19.4 Å². The first kappa shape index (κ1) is 19.4. The summed E-state index contributed by atoms with van der Waals surface area (Å²) in [5.41, 5.74) is 1.57. The van der Waals surface area contributed by atoms with Crippen LogP contribution in [0.25, 0.3) is 10.9 Å². The lowest BCUT2D eigenvalue weighted by molar-refractivity contribution is 0.171. The molecule has 1 atom stereocenters. The number of para-hydroxylation sites is 1. The standard InChI is InChI=1S/C19H23N5O4/c1-3-28-18-14-11-20-17(9-15(14)23-24-18)22-19(26)21-10-13(25)8-12-6-4-5-7-16(12)27-2/h4-7,9,11,13,25H,3,8,10H2,1-2H3,(H,23,24)(H2,20,21,22,26)/t13-/m1/s1. The van der Waals surface area contributed by atoms with E-state index in [4.69, 9.17) is 9.47 Å². The Bertz CT molecular complexity index is 943. The summed E-state index contributed by atoms with van der Waals surface area (Å²) in [5, 5.41) is 23.1. The normalized spacial score (nSPS) is 11.8. The van der Waals surface area contributed by atoms with Gasteiger partial charge >= 0.3 is 6.03 Å². The van der Waals surface area contributed by atoms with Crippen LogP contribution in [0.2, 0.25) is 0 Å². The molecular weight excluding hydrogens is 362 g/mol. The first-order chi connectivity index (χ1) is 13.6. The predicted molar refractivity (Wildman–Crippen MR) is 105 cm³/mol. The summed E-state index contributed by atoms with van der Waals surface area (Å²) in [4.78, 5) is 16.3. The molecule has 0 saturated heterocycles. The molecular formula is C19H23N5O4. The lowest BCUT2D eigenvalue weighted by Crippen LogP contribution is -2.36. The summed E-state index contributed by atoms with van der Waals surface area (Å²) in [5.74, 6) is 1.53. The lowest BCUT2D eigenvalue weighted by atomic mass is 10.1. The minimum Gasteiger partial charge on any atom is -0.496 e. The Morgan fingerprint density at radius 2 is 2.18 bits per heavy atom. The van der Waals surface area contributed by atoms with E-state index in [1.807, 2.05) is 31.2 Å². The number of H-pyrrole nitrogens is 1. The van der Waals surface area contributed by atoms with Gasteiger partial charge in [-0.1, -0.05) is 18.2 Å². The Balaban J connectivity index is 1.53. The van der Waals surface area contributed by atoms with Crippen LogP contribution in [-0.4, -0.2) is 52.7 Å². The van der Waals surface area contributed by atoms with Crippen molar-refractivity contribution >= 4 is 22.8 Å². The zero-order chi connectivity index (χ0) is 19.9. The van der Waals surface area contributed by atoms with Crippen molar-refractivity contribution in [2.75, 3.05) is 25.6 Å². The number of aliphatic hydroxyl groups is 1. The first-order valence-corrected chi connectivity index (χ1v) is 8.92. The minimum atomic E-state index is -0.751. The van der Waals surface area contributed by atoms with Gasteiger partial charge in [0.2, 0.25) is 5.88 Å². The first-order valence-electron chi connectivity index (χ1n) is 8.92. The number of rotatable bonds is 8. The number of fused-ring (bicyclic) bond motifs is 1. The quantitative estimate of drug-likeness (QED) is 0.471. The van der Waals surface area contributed by atoms with Crippen LogP contribution in [0, 0.1) is 0 Å². The number of urea groups is 1. The summed E-state index contributed by atoms with van der Waals surface area (Å²) in [6, 6.07) is 8.64. The van der Waals surface area contributed by atoms with Gasteiger partial charge in [0.05, 0.1) is 30.7 Å². The van der Waals surface area contributed by atoms with Crippen molar-refractivity contribution in [3.8, 4) is 11.6 Å². The molecule has 28 heavy (non-hydrogen) atoms. The fourth-order valence-electron chi connectivity index (χ4n) is 2.77. The van der Waals surface area contributed by atoms with E-state index in [1.165, 1.54) is 0 Å². The maximum Gasteiger partial charge on any atom is 0.320 e. The van der Waals surface area contributed by atoms with Gasteiger partial charge in [0, 0.05) is 25.2 Å². The molecule has 0 unspecified atom stereocenters. The molecule has 2 heterocycles. The number of benzene rings is 1. The molecule has 1 aromatic carbocycles. The summed E-state index contributed by atoms with van der Waals surface area (Å²) in [7, 11) is 1.58. The fourth-order valence-corrected chi connectivity index (χ4v) is 2.77. The Morgan fingerprint density at radius 3 is 2.96 bits per heavy atom. The number of carbonyl (C=O) groups is 1. The van der Waals surface area contributed by atoms with Gasteiger partial charge in [-0.25, -0.2) is 9.78 Å².